The Bertz CT molecular complexity index is 624. The average Bonchev–Trinajstić information content (AvgIpc) is 3.03. The van der Waals surface area contributed by atoms with E-state index in [1.54, 1.807) is 0 Å². The van der Waals surface area contributed by atoms with E-state index in [0.29, 0.717) is 23.2 Å². The summed E-state index contributed by atoms with van der Waals surface area (Å²) in [5, 5.41) is 0. The number of fused-ring (bicyclic) bond motifs is 5. The molecule has 8 unspecified atom stereocenters. The van der Waals surface area contributed by atoms with Gasteiger partial charge in [-0.3, -0.25) is 4.79 Å². The van der Waals surface area contributed by atoms with Gasteiger partial charge in [-0.15, -0.1) is 0 Å². The van der Waals surface area contributed by atoms with Crippen LogP contribution in [0.25, 0.3) is 0 Å². The van der Waals surface area contributed by atoms with Gasteiger partial charge in [-0.25, -0.2) is 0 Å². The minimum absolute atomic E-state index is 0.0413. The second-order valence-corrected chi connectivity index (χ2v) is 11.4. The van der Waals surface area contributed by atoms with Gasteiger partial charge < -0.3 is 4.74 Å². The Labute approximate surface area is 172 Å². The Morgan fingerprint density at radius 1 is 1.11 bits per heavy atom. The van der Waals surface area contributed by atoms with Crippen molar-refractivity contribution in [3.63, 3.8) is 0 Å². The lowest BCUT2D eigenvalue weighted by Crippen LogP contribution is -2.53. The molecule has 4 saturated carbocycles. The van der Waals surface area contributed by atoms with Gasteiger partial charge in [0.1, 0.15) is 0 Å². The smallest absolute Gasteiger partial charge is 0.305 e. The van der Waals surface area contributed by atoms with Gasteiger partial charge in [-0.2, -0.15) is 0 Å². The molecule has 0 spiro atoms. The minimum atomic E-state index is -0.0413. The molecule has 0 radical (unpaired) electrons. The van der Waals surface area contributed by atoms with E-state index >= 15 is 0 Å². The maximum Gasteiger partial charge on any atom is 0.305 e. The molecule has 0 aliphatic heterocycles. The summed E-state index contributed by atoms with van der Waals surface area (Å²) in [6.07, 6.45) is 14.1. The number of carbonyl (C=O) groups excluding carboxylic acids is 1. The molecule has 2 nitrogen and oxygen atoms in total. The predicted molar refractivity (Wildman–Crippen MR) is 115 cm³/mol. The fraction of sp³-hybridized carbons (Fsp3) is 0.885. The number of allylic oxidation sites excluding steroid dienone is 1. The monoisotopic (exact) mass is 386 g/mol. The number of methoxy groups -OCH3 is 1. The second-order valence-electron chi connectivity index (χ2n) is 11.4. The molecular weight excluding hydrogens is 344 g/mol. The number of carbonyl (C=O) groups is 1. The maximum atomic E-state index is 11.6. The van der Waals surface area contributed by atoms with E-state index in [9.17, 15) is 4.79 Å². The SMILES string of the molecule is C=C1CCC2(C)C(CCC3C2CCC2(C)C(C(C)CCC(=O)OC)CCC32)C1. The first-order valence-electron chi connectivity index (χ1n) is 12.0. The molecule has 0 aromatic rings. The molecule has 8 atom stereocenters. The minimum Gasteiger partial charge on any atom is -0.469 e. The van der Waals surface area contributed by atoms with Crippen LogP contribution in [-0.2, 0) is 9.53 Å². The van der Waals surface area contributed by atoms with E-state index in [2.05, 4.69) is 27.4 Å². The molecule has 158 valence electrons. The zero-order chi connectivity index (χ0) is 20.1. The van der Waals surface area contributed by atoms with Crippen LogP contribution in [-0.4, -0.2) is 13.1 Å². The molecule has 4 aliphatic rings. The molecule has 0 saturated heterocycles. The molecule has 0 aromatic carbocycles. The quantitative estimate of drug-likeness (QED) is 0.393. The molecule has 4 fully saturated rings. The Balaban J connectivity index is 1.49. The van der Waals surface area contributed by atoms with Gasteiger partial charge in [0.15, 0.2) is 0 Å². The van der Waals surface area contributed by atoms with E-state index in [1.807, 2.05) is 0 Å². The summed E-state index contributed by atoms with van der Waals surface area (Å²) >= 11 is 0. The lowest BCUT2D eigenvalue weighted by Gasteiger charge is -2.61. The third-order valence-electron chi connectivity index (χ3n) is 10.4. The Morgan fingerprint density at radius 3 is 2.61 bits per heavy atom. The van der Waals surface area contributed by atoms with Gasteiger partial charge in [-0.05, 0) is 111 Å². The normalized spacial score (nSPS) is 46.3. The Morgan fingerprint density at radius 2 is 1.86 bits per heavy atom. The summed E-state index contributed by atoms with van der Waals surface area (Å²) < 4.78 is 4.89. The molecule has 4 aliphatic carbocycles. The summed E-state index contributed by atoms with van der Waals surface area (Å²) in [6, 6.07) is 0. The summed E-state index contributed by atoms with van der Waals surface area (Å²) in [7, 11) is 1.51. The van der Waals surface area contributed by atoms with E-state index in [1.165, 1.54) is 70.5 Å². The molecule has 28 heavy (non-hydrogen) atoms. The lowest BCUT2D eigenvalue weighted by atomic mass is 9.44. The number of ether oxygens (including phenoxy) is 1. The molecule has 4 rings (SSSR count). The van der Waals surface area contributed by atoms with Crippen molar-refractivity contribution in [1.29, 1.82) is 0 Å². The predicted octanol–water partition coefficient (Wildman–Crippen LogP) is 6.79. The van der Waals surface area contributed by atoms with Crippen molar-refractivity contribution in [3.05, 3.63) is 12.2 Å². The summed E-state index contributed by atoms with van der Waals surface area (Å²) in [4.78, 5) is 11.6. The number of rotatable bonds is 4. The highest BCUT2D eigenvalue weighted by Gasteiger charge is 2.60. The zero-order valence-electron chi connectivity index (χ0n) is 18.8. The van der Waals surface area contributed by atoms with Crippen LogP contribution in [0.4, 0.5) is 0 Å². The standard InChI is InChI=1S/C26H42O2/c1-17-12-14-25(3)19(16-17)7-8-20-22-10-9-21(18(2)6-11-24(27)28-5)26(22,4)15-13-23(20)25/h18-23H,1,6-16H2,2-5H3. The van der Waals surface area contributed by atoms with Crippen LogP contribution in [0.15, 0.2) is 12.2 Å². The summed E-state index contributed by atoms with van der Waals surface area (Å²) in [5.41, 5.74) is 2.58. The van der Waals surface area contributed by atoms with Crippen LogP contribution in [0.2, 0.25) is 0 Å². The van der Waals surface area contributed by atoms with Gasteiger partial charge in [0.2, 0.25) is 0 Å². The molecule has 0 aromatic heterocycles. The maximum absolute atomic E-state index is 11.6. The van der Waals surface area contributed by atoms with Crippen LogP contribution in [0.3, 0.4) is 0 Å². The summed E-state index contributed by atoms with van der Waals surface area (Å²) in [6.45, 7) is 12.0. The molecule has 0 heterocycles. The van der Waals surface area contributed by atoms with Gasteiger partial charge in [0.25, 0.3) is 0 Å². The third kappa shape index (κ3) is 3.18. The van der Waals surface area contributed by atoms with Crippen LogP contribution in [0, 0.1) is 46.3 Å². The van der Waals surface area contributed by atoms with Gasteiger partial charge in [0, 0.05) is 6.42 Å². The Hall–Kier alpha value is -0.790. The largest absolute Gasteiger partial charge is 0.469 e. The number of esters is 1. The molecular formula is C26H42O2. The first-order chi connectivity index (χ1) is 13.3. The number of hydrogen-bond acceptors (Lipinski definition) is 2. The van der Waals surface area contributed by atoms with E-state index in [-0.39, 0.29) is 5.97 Å². The zero-order valence-corrected chi connectivity index (χ0v) is 18.8. The fourth-order valence-corrected chi connectivity index (χ4v) is 8.78. The van der Waals surface area contributed by atoms with Crippen LogP contribution >= 0.6 is 0 Å². The highest BCUT2D eigenvalue weighted by molar-refractivity contribution is 5.69. The number of hydrogen-bond donors (Lipinski definition) is 0. The highest BCUT2D eigenvalue weighted by Crippen LogP contribution is 2.68. The van der Waals surface area contributed by atoms with E-state index in [0.717, 1.165) is 36.0 Å². The molecule has 0 N–H and O–H groups in total. The summed E-state index contributed by atoms with van der Waals surface area (Å²) in [5.74, 6) is 5.09. The fourth-order valence-electron chi connectivity index (χ4n) is 8.78. The molecule has 0 bridgehead atoms. The van der Waals surface area contributed by atoms with E-state index in [4.69, 9.17) is 4.74 Å². The van der Waals surface area contributed by atoms with Crippen molar-refractivity contribution in [2.45, 2.75) is 91.4 Å². The van der Waals surface area contributed by atoms with Crippen LogP contribution in [0.5, 0.6) is 0 Å². The van der Waals surface area contributed by atoms with Crippen molar-refractivity contribution in [3.8, 4) is 0 Å². The first kappa shape index (κ1) is 20.5. The van der Waals surface area contributed by atoms with Crippen LogP contribution < -0.4 is 0 Å². The average molecular weight is 387 g/mol. The molecule has 2 heteroatoms. The van der Waals surface area contributed by atoms with Crippen molar-refractivity contribution < 1.29 is 9.53 Å². The second kappa shape index (κ2) is 7.47. The highest BCUT2D eigenvalue weighted by atomic mass is 16.5. The topological polar surface area (TPSA) is 26.3 Å². The van der Waals surface area contributed by atoms with E-state index < -0.39 is 0 Å². The van der Waals surface area contributed by atoms with Crippen molar-refractivity contribution in [1.82, 2.24) is 0 Å². The lowest BCUT2D eigenvalue weighted by molar-refractivity contribution is -0.141. The third-order valence-corrected chi connectivity index (χ3v) is 10.4. The van der Waals surface area contributed by atoms with Gasteiger partial charge in [-0.1, -0.05) is 32.9 Å². The van der Waals surface area contributed by atoms with Crippen molar-refractivity contribution >= 4 is 5.97 Å². The van der Waals surface area contributed by atoms with Gasteiger partial charge >= 0.3 is 5.97 Å². The first-order valence-corrected chi connectivity index (χ1v) is 12.0. The Kier molecular flexibility index (Phi) is 5.47. The van der Waals surface area contributed by atoms with Crippen molar-refractivity contribution in [2.24, 2.45) is 46.3 Å². The van der Waals surface area contributed by atoms with Crippen LogP contribution in [0.1, 0.15) is 91.4 Å². The van der Waals surface area contributed by atoms with Gasteiger partial charge in [0.05, 0.1) is 7.11 Å². The molecule has 0 amide bonds. The van der Waals surface area contributed by atoms with Crippen molar-refractivity contribution in [2.75, 3.05) is 7.11 Å².